The molecular weight excluding hydrogens is 172 g/mol. The van der Waals surface area contributed by atoms with Crippen molar-refractivity contribution in [1.29, 1.82) is 0 Å². The minimum Gasteiger partial charge on any atom is -0.490 e. The number of para-hydroxylation sites is 1. The van der Waals surface area contributed by atoms with Crippen LogP contribution in [-0.4, -0.2) is 6.10 Å². The van der Waals surface area contributed by atoms with Gasteiger partial charge in [-0.1, -0.05) is 39.0 Å². The molecule has 0 spiro atoms. The van der Waals surface area contributed by atoms with Gasteiger partial charge in [0.05, 0.1) is 6.10 Å². The van der Waals surface area contributed by atoms with Crippen molar-refractivity contribution in [2.24, 2.45) is 0 Å². The van der Waals surface area contributed by atoms with Crippen molar-refractivity contribution in [1.82, 2.24) is 0 Å². The summed E-state index contributed by atoms with van der Waals surface area (Å²) in [6.45, 7) is 6.18. The van der Waals surface area contributed by atoms with Crippen molar-refractivity contribution in [3.63, 3.8) is 0 Å². The van der Waals surface area contributed by atoms with Gasteiger partial charge in [0, 0.05) is 0 Å². The Hall–Kier alpha value is -0.980. The van der Waals surface area contributed by atoms with E-state index in [0.29, 0.717) is 6.10 Å². The zero-order valence-electron chi connectivity index (χ0n) is 9.42. The topological polar surface area (TPSA) is 9.23 Å². The van der Waals surface area contributed by atoms with Crippen LogP contribution in [0.15, 0.2) is 24.3 Å². The Balaban J connectivity index is 0.000000461. The van der Waals surface area contributed by atoms with Crippen LogP contribution < -0.4 is 4.74 Å². The summed E-state index contributed by atoms with van der Waals surface area (Å²) in [4.78, 5) is 0. The summed E-state index contributed by atoms with van der Waals surface area (Å²) in [7, 11) is 0. The molecule has 0 N–H and O–H groups in total. The zero-order valence-corrected chi connectivity index (χ0v) is 9.42. The van der Waals surface area contributed by atoms with Crippen molar-refractivity contribution >= 4 is 0 Å². The van der Waals surface area contributed by atoms with Gasteiger partial charge in [-0.25, -0.2) is 0 Å². The van der Waals surface area contributed by atoms with Gasteiger partial charge in [-0.3, -0.25) is 0 Å². The summed E-state index contributed by atoms with van der Waals surface area (Å²) in [6.07, 6.45) is 3.91. The van der Waals surface area contributed by atoms with Gasteiger partial charge in [0.25, 0.3) is 0 Å². The lowest BCUT2D eigenvalue weighted by Crippen LogP contribution is -2.21. The van der Waals surface area contributed by atoms with Gasteiger partial charge in [0.1, 0.15) is 5.75 Å². The highest BCUT2D eigenvalue weighted by atomic mass is 16.5. The van der Waals surface area contributed by atoms with Gasteiger partial charge in [0.15, 0.2) is 0 Å². The van der Waals surface area contributed by atoms with Crippen molar-refractivity contribution in [2.45, 2.75) is 46.1 Å². The maximum Gasteiger partial charge on any atom is 0.122 e. The Morgan fingerprint density at radius 2 is 2.00 bits per heavy atom. The third kappa shape index (κ3) is 2.50. The highest BCUT2D eigenvalue weighted by Crippen LogP contribution is 2.27. The van der Waals surface area contributed by atoms with Crippen molar-refractivity contribution in [3.05, 3.63) is 29.8 Å². The second-order valence-corrected chi connectivity index (χ2v) is 3.29. The summed E-state index contributed by atoms with van der Waals surface area (Å²) in [5.74, 6) is 1.09. The predicted octanol–water partition coefficient (Wildman–Crippen LogP) is 3.82. The standard InChI is InChI=1S/C11H14O.C2H6/c1-2-10-8-7-9-5-3-4-6-11(9)12-10;1-2/h3-6,10H,2,7-8H2,1H3;1-2H3. The fraction of sp³-hybridized carbons (Fsp3) is 0.538. The van der Waals surface area contributed by atoms with Gasteiger partial charge >= 0.3 is 0 Å². The Morgan fingerprint density at radius 1 is 1.29 bits per heavy atom. The summed E-state index contributed by atoms with van der Waals surface area (Å²) < 4.78 is 5.78. The van der Waals surface area contributed by atoms with Crippen LogP contribution in [0.2, 0.25) is 0 Å². The molecule has 1 aliphatic rings. The highest BCUT2D eigenvalue weighted by molar-refractivity contribution is 5.34. The number of benzene rings is 1. The molecule has 0 aliphatic carbocycles. The smallest absolute Gasteiger partial charge is 0.122 e. The molecule has 1 aromatic carbocycles. The maximum absolute atomic E-state index is 5.78. The number of aryl methyl sites for hydroxylation is 1. The Morgan fingerprint density at radius 3 is 2.71 bits per heavy atom. The normalized spacial score (nSPS) is 18.6. The van der Waals surface area contributed by atoms with Crippen LogP contribution in [0, 0.1) is 0 Å². The van der Waals surface area contributed by atoms with E-state index in [2.05, 4.69) is 25.1 Å². The van der Waals surface area contributed by atoms with E-state index in [4.69, 9.17) is 4.74 Å². The van der Waals surface area contributed by atoms with E-state index in [9.17, 15) is 0 Å². The molecule has 1 heteroatoms. The third-order valence-electron chi connectivity index (χ3n) is 2.46. The summed E-state index contributed by atoms with van der Waals surface area (Å²) in [5, 5.41) is 0. The molecule has 0 saturated heterocycles. The third-order valence-corrected chi connectivity index (χ3v) is 2.46. The molecule has 0 bridgehead atoms. The van der Waals surface area contributed by atoms with Gasteiger partial charge in [-0.05, 0) is 30.9 Å². The van der Waals surface area contributed by atoms with Crippen LogP contribution >= 0.6 is 0 Å². The monoisotopic (exact) mass is 192 g/mol. The highest BCUT2D eigenvalue weighted by Gasteiger charge is 2.16. The number of hydrogen-bond donors (Lipinski definition) is 0. The molecule has 1 unspecified atom stereocenters. The van der Waals surface area contributed by atoms with Crippen molar-refractivity contribution in [2.75, 3.05) is 0 Å². The number of fused-ring (bicyclic) bond motifs is 1. The van der Waals surface area contributed by atoms with E-state index < -0.39 is 0 Å². The van der Waals surface area contributed by atoms with Gasteiger partial charge in [-0.15, -0.1) is 0 Å². The Kier molecular flexibility index (Phi) is 4.51. The van der Waals surface area contributed by atoms with Crippen LogP contribution in [0.5, 0.6) is 5.75 Å². The van der Waals surface area contributed by atoms with E-state index >= 15 is 0 Å². The lowest BCUT2D eigenvalue weighted by Gasteiger charge is -2.24. The summed E-state index contributed by atoms with van der Waals surface area (Å²) >= 11 is 0. The van der Waals surface area contributed by atoms with E-state index in [1.807, 2.05) is 19.9 Å². The van der Waals surface area contributed by atoms with Gasteiger partial charge in [0.2, 0.25) is 0 Å². The van der Waals surface area contributed by atoms with Crippen LogP contribution in [0.4, 0.5) is 0 Å². The molecule has 0 amide bonds. The minimum absolute atomic E-state index is 0.444. The number of ether oxygens (including phenoxy) is 1. The first-order chi connectivity index (χ1) is 6.90. The molecule has 1 nitrogen and oxygen atoms in total. The Labute approximate surface area is 87.1 Å². The van der Waals surface area contributed by atoms with E-state index in [-0.39, 0.29) is 0 Å². The first-order valence-corrected chi connectivity index (χ1v) is 5.64. The molecule has 1 aromatic rings. The Bertz CT molecular complexity index is 268. The quantitative estimate of drug-likeness (QED) is 0.657. The molecule has 0 radical (unpaired) electrons. The van der Waals surface area contributed by atoms with Crippen molar-refractivity contribution < 1.29 is 4.74 Å². The van der Waals surface area contributed by atoms with Crippen LogP contribution in [0.3, 0.4) is 0 Å². The fourth-order valence-electron chi connectivity index (χ4n) is 1.67. The summed E-state index contributed by atoms with van der Waals surface area (Å²) in [5.41, 5.74) is 1.36. The second-order valence-electron chi connectivity index (χ2n) is 3.29. The zero-order chi connectivity index (χ0) is 10.4. The minimum atomic E-state index is 0.444. The average Bonchev–Trinajstić information content (AvgIpc) is 2.31. The molecule has 14 heavy (non-hydrogen) atoms. The van der Waals surface area contributed by atoms with Crippen molar-refractivity contribution in [3.8, 4) is 5.75 Å². The molecule has 1 heterocycles. The van der Waals surface area contributed by atoms with Crippen LogP contribution in [0.1, 0.15) is 39.2 Å². The SMILES string of the molecule is CC.CCC1CCc2ccccc2O1. The summed E-state index contributed by atoms with van der Waals surface area (Å²) in [6, 6.07) is 8.34. The lowest BCUT2D eigenvalue weighted by atomic mass is 10.0. The molecule has 0 aromatic heterocycles. The molecule has 78 valence electrons. The lowest BCUT2D eigenvalue weighted by molar-refractivity contribution is 0.169. The number of hydrogen-bond acceptors (Lipinski definition) is 1. The predicted molar refractivity (Wildman–Crippen MR) is 60.8 cm³/mol. The first-order valence-electron chi connectivity index (χ1n) is 5.64. The molecular formula is C13H20O. The maximum atomic E-state index is 5.78. The van der Waals surface area contributed by atoms with E-state index in [1.165, 1.54) is 18.4 Å². The molecule has 1 aliphatic heterocycles. The molecule has 0 saturated carbocycles. The molecule has 2 rings (SSSR count). The fourth-order valence-corrected chi connectivity index (χ4v) is 1.67. The number of rotatable bonds is 1. The average molecular weight is 192 g/mol. The van der Waals surface area contributed by atoms with E-state index in [0.717, 1.165) is 12.2 Å². The largest absolute Gasteiger partial charge is 0.490 e. The van der Waals surface area contributed by atoms with E-state index in [1.54, 1.807) is 0 Å². The first kappa shape index (κ1) is 11.1. The van der Waals surface area contributed by atoms with Gasteiger partial charge < -0.3 is 4.74 Å². The second kappa shape index (κ2) is 5.69. The van der Waals surface area contributed by atoms with Gasteiger partial charge in [-0.2, -0.15) is 0 Å². The van der Waals surface area contributed by atoms with Crippen LogP contribution in [-0.2, 0) is 6.42 Å². The molecule has 0 fully saturated rings. The molecule has 1 atom stereocenters. The van der Waals surface area contributed by atoms with Crippen LogP contribution in [0.25, 0.3) is 0 Å².